The van der Waals surface area contributed by atoms with Crippen molar-refractivity contribution in [1.82, 2.24) is 0 Å². The molecule has 0 bridgehead atoms. The second-order valence-electron chi connectivity index (χ2n) is 12.2. The molecule has 0 radical (unpaired) electrons. The molecular formula is C39H42F2N2O6. The van der Waals surface area contributed by atoms with Crippen LogP contribution in [0.5, 0.6) is 11.5 Å². The lowest BCUT2D eigenvalue weighted by atomic mass is 9.98. The monoisotopic (exact) mass is 672 g/mol. The van der Waals surface area contributed by atoms with E-state index in [4.69, 9.17) is 14.2 Å². The fraction of sp³-hybridized carbons (Fsp3) is 0.333. The summed E-state index contributed by atoms with van der Waals surface area (Å²) in [6, 6.07) is 21.9. The summed E-state index contributed by atoms with van der Waals surface area (Å²) in [6.07, 6.45) is 11.8. The third-order valence-electron chi connectivity index (χ3n) is 8.57. The maximum atomic E-state index is 13.1. The number of halogens is 2. The highest BCUT2D eigenvalue weighted by molar-refractivity contribution is 5.97. The van der Waals surface area contributed by atoms with Crippen LogP contribution in [-0.4, -0.2) is 36.4 Å². The molecule has 4 aromatic rings. The zero-order valence-corrected chi connectivity index (χ0v) is 27.6. The lowest BCUT2D eigenvalue weighted by molar-refractivity contribution is 0.0600. The third kappa shape index (κ3) is 10.4. The molecule has 0 heterocycles. The van der Waals surface area contributed by atoms with Gasteiger partial charge in [0.25, 0.3) is 0 Å². The smallest absolute Gasteiger partial charge is 0.339 e. The van der Waals surface area contributed by atoms with Crippen LogP contribution in [0.25, 0.3) is 0 Å². The summed E-state index contributed by atoms with van der Waals surface area (Å²) in [5.74, 6) is -0.750. The van der Waals surface area contributed by atoms with Gasteiger partial charge in [-0.2, -0.15) is 0 Å². The molecule has 2 aliphatic carbocycles. The predicted molar refractivity (Wildman–Crippen MR) is 186 cm³/mol. The lowest BCUT2D eigenvalue weighted by Crippen LogP contribution is -2.19. The highest BCUT2D eigenvalue weighted by Gasteiger charge is 2.19. The van der Waals surface area contributed by atoms with E-state index in [1.165, 1.54) is 76.0 Å². The van der Waals surface area contributed by atoms with Gasteiger partial charge in [-0.1, -0.05) is 12.8 Å². The summed E-state index contributed by atoms with van der Waals surface area (Å²) in [6.45, 7) is 0. The van der Waals surface area contributed by atoms with Crippen LogP contribution in [0.3, 0.4) is 0 Å². The number of nitrogens with one attached hydrogen (secondary N) is 2. The molecule has 2 saturated carbocycles. The average molecular weight is 673 g/mol. The third-order valence-corrected chi connectivity index (χ3v) is 8.57. The molecule has 0 aromatic heterocycles. The summed E-state index contributed by atoms with van der Waals surface area (Å²) in [5, 5.41) is 15.5. The van der Waals surface area contributed by atoms with E-state index in [1.54, 1.807) is 54.6 Å². The molecule has 0 saturated heterocycles. The summed E-state index contributed by atoms with van der Waals surface area (Å²) in [4.78, 5) is 23.4. The molecule has 8 nitrogen and oxygen atoms in total. The summed E-state index contributed by atoms with van der Waals surface area (Å²) < 4.78 is 43.0. The zero-order valence-electron chi connectivity index (χ0n) is 27.6. The number of rotatable bonds is 10. The number of esters is 1. The number of ether oxygens (including phenoxy) is 3. The van der Waals surface area contributed by atoms with Gasteiger partial charge < -0.3 is 30.0 Å². The van der Waals surface area contributed by atoms with Crippen molar-refractivity contribution in [1.29, 1.82) is 0 Å². The minimum Gasteiger partial charge on any atom is -0.490 e. The number of hydrogen-bond acceptors (Lipinski definition) is 7. The Labute approximate surface area is 285 Å². The topological polar surface area (TPSA) is 106 Å². The van der Waals surface area contributed by atoms with Gasteiger partial charge in [0, 0.05) is 23.5 Å². The Morgan fingerprint density at radius 2 is 1.02 bits per heavy atom. The first-order chi connectivity index (χ1) is 23.8. The Morgan fingerprint density at radius 3 is 1.43 bits per heavy atom. The summed E-state index contributed by atoms with van der Waals surface area (Å²) in [5.41, 5.74) is 2.86. The van der Waals surface area contributed by atoms with Crippen molar-refractivity contribution in [3.63, 3.8) is 0 Å². The highest BCUT2D eigenvalue weighted by Crippen LogP contribution is 2.31. The van der Waals surface area contributed by atoms with Crippen LogP contribution in [-0.2, 0) is 4.74 Å². The van der Waals surface area contributed by atoms with E-state index in [9.17, 15) is 23.5 Å². The number of benzene rings is 4. The number of carbonyl (C=O) groups excluding carboxylic acids is 1. The first-order valence-electron chi connectivity index (χ1n) is 16.8. The van der Waals surface area contributed by atoms with Gasteiger partial charge in [0.05, 0.1) is 41.8 Å². The van der Waals surface area contributed by atoms with Crippen molar-refractivity contribution in [2.75, 3.05) is 17.7 Å². The molecule has 0 spiro atoms. The highest BCUT2D eigenvalue weighted by atomic mass is 19.1. The maximum absolute atomic E-state index is 13.1. The van der Waals surface area contributed by atoms with Crippen LogP contribution in [0, 0.1) is 11.6 Å². The molecule has 0 amide bonds. The van der Waals surface area contributed by atoms with Crippen molar-refractivity contribution in [2.24, 2.45) is 0 Å². The van der Waals surface area contributed by atoms with Gasteiger partial charge in [-0.3, -0.25) is 0 Å². The molecule has 2 aliphatic rings. The van der Waals surface area contributed by atoms with Crippen LogP contribution in [0.15, 0.2) is 84.9 Å². The first-order valence-corrected chi connectivity index (χ1v) is 16.8. The Morgan fingerprint density at radius 1 is 0.612 bits per heavy atom. The second-order valence-corrected chi connectivity index (χ2v) is 12.2. The van der Waals surface area contributed by atoms with Gasteiger partial charge >= 0.3 is 11.9 Å². The van der Waals surface area contributed by atoms with Crippen molar-refractivity contribution >= 4 is 34.7 Å². The van der Waals surface area contributed by atoms with Gasteiger partial charge in [-0.05, 0) is 124 Å². The molecule has 10 heteroatoms. The van der Waals surface area contributed by atoms with Gasteiger partial charge in [0.15, 0.2) is 0 Å². The van der Waals surface area contributed by atoms with E-state index in [0.29, 0.717) is 39.8 Å². The number of carboxylic acid groups (broad SMARTS) is 1. The quantitative estimate of drug-likeness (QED) is 0.143. The second kappa shape index (κ2) is 17.3. The maximum Gasteiger partial charge on any atom is 0.339 e. The van der Waals surface area contributed by atoms with E-state index in [-0.39, 0.29) is 29.4 Å². The van der Waals surface area contributed by atoms with Gasteiger partial charge in [-0.25, -0.2) is 18.4 Å². The van der Waals surface area contributed by atoms with Gasteiger partial charge in [0.2, 0.25) is 0 Å². The minimum absolute atomic E-state index is 0.148. The summed E-state index contributed by atoms with van der Waals surface area (Å²) >= 11 is 0. The van der Waals surface area contributed by atoms with Crippen LogP contribution in [0.1, 0.15) is 84.9 Å². The van der Waals surface area contributed by atoms with Crippen molar-refractivity contribution in [3.05, 3.63) is 108 Å². The zero-order chi connectivity index (χ0) is 34.6. The number of aromatic carboxylic acids is 1. The molecule has 4 aromatic carbocycles. The number of hydrogen-bond donors (Lipinski definition) is 3. The molecule has 6 rings (SSSR count). The Hall–Kier alpha value is -5.12. The largest absolute Gasteiger partial charge is 0.490 e. The number of carboxylic acids is 1. The standard InChI is InChI=1S/C20H22FNO3.C19H20FNO3/c1-24-20(23)18-12-11-17(25-16-5-3-2-4-6-16)13-19(18)22-15-9-7-14(21)8-10-15;20-13-6-8-14(9-7-13)21-18-12-16(10-11-17(18)19(22)23)24-15-4-2-1-3-5-15/h7-13,16,22H,2-6H2,1H3;6-12,15,21H,1-5H2,(H,22,23). The Balaban J connectivity index is 0.000000191. The fourth-order valence-electron chi connectivity index (χ4n) is 6.00. The van der Waals surface area contributed by atoms with E-state index >= 15 is 0 Å². The minimum atomic E-state index is -1.02. The van der Waals surface area contributed by atoms with E-state index in [1.807, 2.05) is 0 Å². The Kier molecular flexibility index (Phi) is 12.4. The lowest BCUT2D eigenvalue weighted by Gasteiger charge is -2.23. The molecule has 2 fully saturated rings. The number of anilines is 4. The van der Waals surface area contributed by atoms with Crippen LogP contribution < -0.4 is 20.1 Å². The van der Waals surface area contributed by atoms with E-state index in [2.05, 4.69) is 10.6 Å². The van der Waals surface area contributed by atoms with Crippen LogP contribution >= 0.6 is 0 Å². The molecule has 3 N–H and O–H groups in total. The van der Waals surface area contributed by atoms with Crippen LogP contribution in [0.4, 0.5) is 31.5 Å². The SMILES string of the molecule is COC(=O)c1ccc(OC2CCCCC2)cc1Nc1ccc(F)cc1.O=C(O)c1ccc(OC2CCCCC2)cc1Nc1ccc(F)cc1. The molecule has 0 unspecified atom stereocenters. The van der Waals surface area contributed by atoms with Crippen LogP contribution in [0.2, 0.25) is 0 Å². The normalized spacial score (nSPS) is 14.9. The fourth-order valence-corrected chi connectivity index (χ4v) is 6.00. The Bertz CT molecular complexity index is 1690. The summed E-state index contributed by atoms with van der Waals surface area (Å²) in [7, 11) is 1.34. The van der Waals surface area contributed by atoms with Crippen molar-refractivity contribution in [2.45, 2.75) is 76.4 Å². The molecule has 0 atom stereocenters. The van der Waals surface area contributed by atoms with E-state index in [0.717, 1.165) is 25.7 Å². The predicted octanol–water partition coefficient (Wildman–Crippen LogP) is 10.0. The molecule has 49 heavy (non-hydrogen) atoms. The molecular weight excluding hydrogens is 630 g/mol. The molecule has 0 aliphatic heterocycles. The molecule has 258 valence electrons. The van der Waals surface area contributed by atoms with Gasteiger partial charge in [0.1, 0.15) is 23.1 Å². The van der Waals surface area contributed by atoms with Crippen molar-refractivity contribution < 1.29 is 37.7 Å². The number of methoxy groups -OCH3 is 1. The van der Waals surface area contributed by atoms with E-state index < -0.39 is 11.9 Å². The number of carbonyl (C=O) groups is 2. The first kappa shape index (κ1) is 35.2. The van der Waals surface area contributed by atoms with Gasteiger partial charge in [-0.15, -0.1) is 0 Å². The van der Waals surface area contributed by atoms with Crippen molar-refractivity contribution in [3.8, 4) is 11.5 Å². The average Bonchev–Trinajstić information content (AvgIpc) is 3.11.